The molecule has 0 saturated heterocycles. The molecule has 0 fully saturated rings. The van der Waals surface area contributed by atoms with Gasteiger partial charge in [-0.2, -0.15) is 0 Å². The predicted octanol–water partition coefficient (Wildman–Crippen LogP) is 6.40. The molecule has 2 amide bonds. The second-order valence-corrected chi connectivity index (χ2v) is 9.79. The normalized spacial score (nSPS) is 12.6. The Balaban J connectivity index is 2.00. The molecule has 1 N–H and O–H groups in total. The molecule has 3 rings (SSSR count). The van der Waals surface area contributed by atoms with E-state index in [1.807, 2.05) is 81.4 Å². The highest BCUT2D eigenvalue weighted by molar-refractivity contribution is 6.35. The predicted molar refractivity (Wildman–Crippen MR) is 144 cm³/mol. The van der Waals surface area contributed by atoms with E-state index in [0.717, 1.165) is 28.7 Å². The van der Waals surface area contributed by atoms with Gasteiger partial charge < -0.3 is 10.2 Å². The van der Waals surface area contributed by atoms with E-state index in [0.29, 0.717) is 16.5 Å². The van der Waals surface area contributed by atoms with Crippen LogP contribution in [-0.4, -0.2) is 28.8 Å². The molecule has 4 nitrogen and oxygen atoms in total. The van der Waals surface area contributed by atoms with Crippen molar-refractivity contribution in [2.24, 2.45) is 0 Å². The third-order valence-electron chi connectivity index (χ3n) is 6.07. The lowest BCUT2D eigenvalue weighted by Gasteiger charge is -2.32. The SMILES string of the molecule is CC[C@@H](C)NC(=O)[C@@H](Cc1ccccc1)N(Cc1ccc(Cl)cc1Cl)C(=O)Cc1cccc(C)c1. The smallest absolute Gasteiger partial charge is 0.243 e. The van der Waals surface area contributed by atoms with Crippen molar-refractivity contribution in [3.8, 4) is 0 Å². The maximum Gasteiger partial charge on any atom is 0.243 e. The molecule has 0 spiro atoms. The molecule has 0 aliphatic carbocycles. The third kappa shape index (κ3) is 7.84. The second kappa shape index (κ2) is 12.8. The van der Waals surface area contributed by atoms with Crippen molar-refractivity contribution in [3.05, 3.63) is 105 Å². The number of rotatable bonds is 10. The summed E-state index contributed by atoms with van der Waals surface area (Å²) in [4.78, 5) is 29.0. The van der Waals surface area contributed by atoms with E-state index in [4.69, 9.17) is 23.2 Å². The fourth-order valence-electron chi connectivity index (χ4n) is 3.93. The Bertz CT molecular complexity index is 1150. The van der Waals surface area contributed by atoms with Gasteiger partial charge in [-0.3, -0.25) is 9.59 Å². The minimum absolute atomic E-state index is 0.00591. The molecule has 2 atom stereocenters. The first-order valence-electron chi connectivity index (χ1n) is 11.9. The number of hydrogen-bond donors (Lipinski definition) is 1. The van der Waals surface area contributed by atoms with Gasteiger partial charge in [-0.05, 0) is 49.1 Å². The fourth-order valence-corrected chi connectivity index (χ4v) is 4.40. The molecule has 0 unspecified atom stereocenters. The van der Waals surface area contributed by atoms with Gasteiger partial charge in [0.05, 0.1) is 6.42 Å². The van der Waals surface area contributed by atoms with E-state index in [1.165, 1.54) is 0 Å². The average Bonchev–Trinajstić information content (AvgIpc) is 2.83. The summed E-state index contributed by atoms with van der Waals surface area (Å²) in [5.74, 6) is -0.312. The summed E-state index contributed by atoms with van der Waals surface area (Å²) in [6.07, 6.45) is 1.38. The van der Waals surface area contributed by atoms with Crippen molar-refractivity contribution in [1.29, 1.82) is 0 Å². The molecule has 0 saturated carbocycles. The number of carbonyl (C=O) groups excluding carboxylic acids is 2. The maximum atomic E-state index is 13.8. The molecule has 0 bridgehead atoms. The van der Waals surface area contributed by atoms with Gasteiger partial charge in [-0.15, -0.1) is 0 Å². The van der Waals surface area contributed by atoms with E-state index in [1.54, 1.807) is 17.0 Å². The molecular weight excluding hydrogens is 479 g/mol. The van der Waals surface area contributed by atoms with E-state index in [9.17, 15) is 9.59 Å². The highest BCUT2D eigenvalue weighted by Gasteiger charge is 2.31. The molecular formula is C29H32Cl2N2O2. The van der Waals surface area contributed by atoms with Crippen molar-refractivity contribution in [3.63, 3.8) is 0 Å². The van der Waals surface area contributed by atoms with Crippen LogP contribution in [0.3, 0.4) is 0 Å². The van der Waals surface area contributed by atoms with E-state index < -0.39 is 6.04 Å². The van der Waals surface area contributed by atoms with Crippen LogP contribution in [0, 0.1) is 6.92 Å². The minimum Gasteiger partial charge on any atom is -0.352 e. The Morgan fingerprint density at radius 2 is 1.66 bits per heavy atom. The molecule has 0 aliphatic rings. The van der Waals surface area contributed by atoms with Gasteiger partial charge in [0.1, 0.15) is 6.04 Å². The number of carbonyl (C=O) groups is 2. The quantitative estimate of drug-likeness (QED) is 0.343. The molecule has 0 aliphatic heterocycles. The lowest BCUT2D eigenvalue weighted by Crippen LogP contribution is -2.52. The van der Waals surface area contributed by atoms with Crippen molar-refractivity contribution in [1.82, 2.24) is 10.2 Å². The van der Waals surface area contributed by atoms with Gasteiger partial charge in [-0.1, -0.05) is 96.4 Å². The lowest BCUT2D eigenvalue weighted by atomic mass is 10.0. The first-order valence-corrected chi connectivity index (χ1v) is 12.7. The lowest BCUT2D eigenvalue weighted by molar-refractivity contribution is -0.141. The summed E-state index contributed by atoms with van der Waals surface area (Å²) in [6.45, 7) is 6.18. The summed E-state index contributed by atoms with van der Waals surface area (Å²) in [5.41, 5.74) is 3.70. The third-order valence-corrected chi connectivity index (χ3v) is 6.65. The van der Waals surface area contributed by atoms with Crippen LogP contribution in [0.2, 0.25) is 10.0 Å². The van der Waals surface area contributed by atoms with Gasteiger partial charge in [0.25, 0.3) is 0 Å². The van der Waals surface area contributed by atoms with Crippen LogP contribution < -0.4 is 5.32 Å². The highest BCUT2D eigenvalue weighted by Crippen LogP contribution is 2.24. The summed E-state index contributed by atoms with van der Waals surface area (Å²) in [6, 6.07) is 22.1. The minimum atomic E-state index is -0.699. The number of amides is 2. The average molecular weight is 511 g/mol. The number of hydrogen-bond acceptors (Lipinski definition) is 2. The van der Waals surface area contributed by atoms with E-state index >= 15 is 0 Å². The molecule has 3 aromatic rings. The number of nitrogens with one attached hydrogen (secondary N) is 1. The van der Waals surface area contributed by atoms with Crippen molar-refractivity contribution >= 4 is 35.0 Å². The largest absolute Gasteiger partial charge is 0.352 e. The van der Waals surface area contributed by atoms with Crippen LogP contribution in [0.4, 0.5) is 0 Å². The Morgan fingerprint density at radius 3 is 2.31 bits per heavy atom. The molecule has 184 valence electrons. The van der Waals surface area contributed by atoms with E-state index in [-0.39, 0.29) is 30.8 Å². The molecule has 0 aromatic heterocycles. The monoisotopic (exact) mass is 510 g/mol. The zero-order valence-electron chi connectivity index (χ0n) is 20.4. The molecule has 3 aromatic carbocycles. The summed E-state index contributed by atoms with van der Waals surface area (Å²) in [5, 5.41) is 4.07. The van der Waals surface area contributed by atoms with Gasteiger partial charge in [0.2, 0.25) is 11.8 Å². The van der Waals surface area contributed by atoms with Crippen LogP contribution in [0.25, 0.3) is 0 Å². The topological polar surface area (TPSA) is 49.4 Å². The van der Waals surface area contributed by atoms with Gasteiger partial charge in [0.15, 0.2) is 0 Å². The zero-order chi connectivity index (χ0) is 25.4. The van der Waals surface area contributed by atoms with E-state index in [2.05, 4.69) is 5.32 Å². The fraction of sp³-hybridized carbons (Fsp3) is 0.310. The molecule has 0 radical (unpaired) electrons. The summed E-state index contributed by atoms with van der Waals surface area (Å²) in [7, 11) is 0. The first-order chi connectivity index (χ1) is 16.8. The molecule has 35 heavy (non-hydrogen) atoms. The Kier molecular flexibility index (Phi) is 9.76. The molecule has 6 heteroatoms. The van der Waals surface area contributed by atoms with Crippen molar-refractivity contribution in [2.45, 2.75) is 58.7 Å². The van der Waals surface area contributed by atoms with Crippen LogP contribution in [0.15, 0.2) is 72.8 Å². The first kappa shape index (κ1) is 26.8. The number of nitrogens with zero attached hydrogens (tertiary/aromatic N) is 1. The van der Waals surface area contributed by atoms with Gasteiger partial charge in [-0.25, -0.2) is 0 Å². The number of halogens is 2. The Morgan fingerprint density at radius 1 is 0.943 bits per heavy atom. The van der Waals surface area contributed by atoms with Gasteiger partial charge >= 0.3 is 0 Å². The standard InChI is InChI=1S/C29H32Cl2N2O2/c1-4-21(3)32-29(35)27(16-22-10-6-5-7-11-22)33(19-24-13-14-25(30)18-26(24)31)28(34)17-23-12-8-9-20(2)15-23/h5-15,18,21,27H,4,16-17,19H2,1-3H3,(H,32,35)/t21-,27-/m1/s1. The van der Waals surface area contributed by atoms with Crippen molar-refractivity contribution in [2.75, 3.05) is 0 Å². The Labute approximate surface area is 218 Å². The van der Waals surface area contributed by atoms with Crippen LogP contribution in [-0.2, 0) is 29.0 Å². The maximum absolute atomic E-state index is 13.8. The van der Waals surface area contributed by atoms with Crippen LogP contribution in [0.1, 0.15) is 42.5 Å². The highest BCUT2D eigenvalue weighted by atomic mass is 35.5. The number of benzene rings is 3. The second-order valence-electron chi connectivity index (χ2n) is 8.95. The van der Waals surface area contributed by atoms with Crippen molar-refractivity contribution < 1.29 is 9.59 Å². The van der Waals surface area contributed by atoms with Gasteiger partial charge in [0, 0.05) is 29.1 Å². The number of aryl methyl sites for hydroxylation is 1. The van der Waals surface area contributed by atoms with Crippen LogP contribution >= 0.6 is 23.2 Å². The summed E-state index contributed by atoms with van der Waals surface area (Å²) < 4.78 is 0. The van der Waals surface area contributed by atoms with Crippen LogP contribution in [0.5, 0.6) is 0 Å². The Hall–Kier alpha value is -2.82. The summed E-state index contributed by atoms with van der Waals surface area (Å²) >= 11 is 12.6. The zero-order valence-corrected chi connectivity index (χ0v) is 21.9. The molecule has 0 heterocycles.